The van der Waals surface area contributed by atoms with Crippen molar-refractivity contribution in [3.05, 3.63) is 60.7 Å². The Morgan fingerprint density at radius 1 is 0.613 bits per heavy atom. The first-order valence-electron chi connectivity index (χ1n) is 11.1. The van der Waals surface area contributed by atoms with E-state index in [0.29, 0.717) is 19.2 Å². The third kappa shape index (κ3) is 4.46. The second-order valence-electron chi connectivity index (χ2n) is 7.89. The van der Waals surface area contributed by atoms with Crippen LogP contribution in [0.5, 0.6) is 0 Å². The zero-order valence-corrected chi connectivity index (χ0v) is 17.7. The summed E-state index contributed by atoms with van der Waals surface area (Å²) >= 11 is 0. The summed E-state index contributed by atoms with van der Waals surface area (Å²) < 4.78 is 5.55. The van der Waals surface area contributed by atoms with Crippen LogP contribution in [0.3, 0.4) is 0 Å². The number of aromatic nitrogens is 3. The lowest BCUT2D eigenvalue weighted by atomic mass is 10.1. The summed E-state index contributed by atoms with van der Waals surface area (Å²) in [7, 11) is 0. The van der Waals surface area contributed by atoms with Crippen LogP contribution in [0, 0.1) is 0 Å². The van der Waals surface area contributed by atoms with E-state index in [1.807, 2.05) is 36.4 Å². The minimum absolute atomic E-state index is 0.648. The van der Waals surface area contributed by atoms with Crippen LogP contribution in [0.25, 0.3) is 0 Å². The molecule has 2 fully saturated rings. The first kappa shape index (κ1) is 19.8. The van der Waals surface area contributed by atoms with Crippen molar-refractivity contribution < 1.29 is 4.74 Å². The second kappa shape index (κ2) is 9.31. The van der Waals surface area contributed by atoms with Crippen molar-refractivity contribution in [3.8, 4) is 0 Å². The molecule has 0 aliphatic carbocycles. The van der Waals surface area contributed by atoms with Gasteiger partial charge in [-0.15, -0.1) is 0 Å². The third-order valence-corrected chi connectivity index (χ3v) is 5.76. The highest BCUT2D eigenvalue weighted by Gasteiger charge is 2.24. The van der Waals surface area contributed by atoms with Gasteiger partial charge in [0, 0.05) is 37.6 Å². The number of rotatable bonds is 5. The molecule has 0 unspecified atom stereocenters. The van der Waals surface area contributed by atoms with Crippen LogP contribution >= 0.6 is 0 Å². The monoisotopic (exact) mass is 416 g/mol. The van der Waals surface area contributed by atoms with E-state index in [1.54, 1.807) is 0 Å². The first-order valence-corrected chi connectivity index (χ1v) is 11.1. The highest BCUT2D eigenvalue weighted by molar-refractivity contribution is 5.73. The topological polar surface area (TPSA) is 57.6 Å². The quantitative estimate of drug-likeness (QED) is 0.619. The van der Waals surface area contributed by atoms with Crippen molar-refractivity contribution in [1.29, 1.82) is 0 Å². The molecule has 7 nitrogen and oxygen atoms in total. The van der Waals surface area contributed by atoms with Crippen molar-refractivity contribution >= 4 is 29.2 Å². The van der Waals surface area contributed by atoms with E-state index in [2.05, 4.69) is 39.0 Å². The molecule has 0 bridgehead atoms. The molecule has 2 aliphatic heterocycles. The van der Waals surface area contributed by atoms with Gasteiger partial charge in [0.15, 0.2) is 0 Å². The lowest BCUT2D eigenvalue weighted by molar-refractivity contribution is 0.122. The van der Waals surface area contributed by atoms with Gasteiger partial charge in [-0.05, 0) is 43.5 Å². The smallest absolute Gasteiger partial charge is 0.241 e. The average Bonchev–Trinajstić information content (AvgIpc) is 2.86. The zero-order chi connectivity index (χ0) is 20.9. The van der Waals surface area contributed by atoms with E-state index in [9.17, 15) is 0 Å². The predicted molar refractivity (Wildman–Crippen MR) is 124 cm³/mol. The Kier molecular flexibility index (Phi) is 5.93. The zero-order valence-electron chi connectivity index (χ0n) is 17.7. The van der Waals surface area contributed by atoms with Gasteiger partial charge in [0.05, 0.1) is 13.2 Å². The Balaban J connectivity index is 1.62. The fourth-order valence-electron chi connectivity index (χ4n) is 4.12. The maximum absolute atomic E-state index is 5.55. The molecule has 0 amide bonds. The molecule has 7 heteroatoms. The number of para-hydroxylation sites is 2. The van der Waals surface area contributed by atoms with Crippen LogP contribution < -0.4 is 14.7 Å². The van der Waals surface area contributed by atoms with E-state index in [-0.39, 0.29) is 0 Å². The van der Waals surface area contributed by atoms with Gasteiger partial charge in [-0.3, -0.25) is 4.90 Å². The van der Waals surface area contributed by atoms with Gasteiger partial charge in [0.1, 0.15) is 0 Å². The molecule has 0 spiro atoms. The van der Waals surface area contributed by atoms with Gasteiger partial charge in [0.2, 0.25) is 17.8 Å². The Labute approximate surface area is 183 Å². The van der Waals surface area contributed by atoms with Gasteiger partial charge in [-0.1, -0.05) is 36.4 Å². The average molecular weight is 417 g/mol. The molecule has 2 aromatic carbocycles. The third-order valence-electron chi connectivity index (χ3n) is 5.76. The summed E-state index contributed by atoms with van der Waals surface area (Å²) in [4.78, 5) is 21.4. The first-order chi connectivity index (χ1) is 15.4. The summed E-state index contributed by atoms with van der Waals surface area (Å²) in [5.74, 6) is 2.14. The maximum Gasteiger partial charge on any atom is 0.241 e. The molecule has 31 heavy (non-hydrogen) atoms. The Morgan fingerprint density at radius 2 is 1.13 bits per heavy atom. The molecule has 0 saturated carbocycles. The number of morpholine rings is 1. The number of hydrogen-bond acceptors (Lipinski definition) is 7. The lowest BCUT2D eigenvalue weighted by Crippen LogP contribution is -2.38. The van der Waals surface area contributed by atoms with Crippen molar-refractivity contribution in [1.82, 2.24) is 15.0 Å². The normalized spacial score (nSPS) is 16.9. The van der Waals surface area contributed by atoms with E-state index in [0.717, 1.165) is 49.5 Å². The Bertz CT molecular complexity index is 896. The molecule has 3 heterocycles. The second-order valence-corrected chi connectivity index (χ2v) is 7.89. The molecule has 5 rings (SSSR count). The Hall–Kier alpha value is -3.19. The summed E-state index contributed by atoms with van der Waals surface area (Å²) in [5.41, 5.74) is 2.05. The summed E-state index contributed by atoms with van der Waals surface area (Å²) in [6, 6.07) is 20.6. The molecule has 1 aromatic heterocycles. The highest BCUT2D eigenvalue weighted by Crippen LogP contribution is 2.33. The van der Waals surface area contributed by atoms with Crippen LogP contribution in [0.4, 0.5) is 29.2 Å². The van der Waals surface area contributed by atoms with Crippen molar-refractivity contribution in [3.63, 3.8) is 0 Å². The molecular weight excluding hydrogens is 388 g/mol. The van der Waals surface area contributed by atoms with Crippen LogP contribution in [0.15, 0.2) is 60.7 Å². The Morgan fingerprint density at radius 3 is 1.68 bits per heavy atom. The summed E-state index contributed by atoms with van der Waals surface area (Å²) in [6.07, 6.45) is 3.62. The van der Waals surface area contributed by atoms with Gasteiger partial charge in [-0.25, -0.2) is 0 Å². The minimum Gasteiger partial charge on any atom is -0.378 e. The van der Waals surface area contributed by atoms with Gasteiger partial charge >= 0.3 is 0 Å². The number of hydrogen-bond donors (Lipinski definition) is 0. The molecule has 0 radical (unpaired) electrons. The predicted octanol–water partition coefficient (Wildman–Crippen LogP) is 4.17. The molecule has 0 N–H and O–H groups in total. The molecule has 160 valence electrons. The molecule has 2 aliphatic rings. The fourth-order valence-corrected chi connectivity index (χ4v) is 4.12. The van der Waals surface area contributed by atoms with Gasteiger partial charge in [-0.2, -0.15) is 15.0 Å². The number of nitrogens with zero attached hydrogens (tertiary/aromatic N) is 6. The van der Waals surface area contributed by atoms with Crippen molar-refractivity contribution in [2.45, 2.75) is 19.3 Å². The maximum atomic E-state index is 5.55. The minimum atomic E-state index is 0.648. The van der Waals surface area contributed by atoms with E-state index in [1.165, 1.54) is 19.3 Å². The van der Waals surface area contributed by atoms with E-state index >= 15 is 0 Å². The standard InChI is InChI=1S/C24H28N6O/c1-4-10-20(11-5-1)30(21-12-6-2-7-13-21)24-26-22(28-14-8-3-9-15-28)25-23(27-24)29-16-18-31-19-17-29/h1-2,4-7,10-13H,3,8-9,14-19H2. The van der Waals surface area contributed by atoms with E-state index < -0.39 is 0 Å². The van der Waals surface area contributed by atoms with Crippen LogP contribution in [-0.4, -0.2) is 54.3 Å². The van der Waals surface area contributed by atoms with Gasteiger partial charge < -0.3 is 14.5 Å². The summed E-state index contributed by atoms with van der Waals surface area (Å²) in [5, 5.41) is 0. The van der Waals surface area contributed by atoms with Crippen molar-refractivity contribution in [2.24, 2.45) is 0 Å². The lowest BCUT2D eigenvalue weighted by Gasteiger charge is -2.31. The molecule has 2 saturated heterocycles. The number of benzene rings is 2. The molecule has 0 atom stereocenters. The molecular formula is C24H28N6O. The number of anilines is 5. The fraction of sp³-hybridized carbons (Fsp3) is 0.375. The highest BCUT2D eigenvalue weighted by atomic mass is 16.5. The number of piperidine rings is 1. The molecule has 3 aromatic rings. The van der Waals surface area contributed by atoms with Crippen molar-refractivity contribution in [2.75, 3.05) is 54.1 Å². The van der Waals surface area contributed by atoms with Crippen LogP contribution in [-0.2, 0) is 4.74 Å². The van der Waals surface area contributed by atoms with E-state index in [4.69, 9.17) is 19.7 Å². The van der Waals surface area contributed by atoms with Gasteiger partial charge in [0.25, 0.3) is 0 Å². The summed E-state index contributed by atoms with van der Waals surface area (Å²) in [6.45, 7) is 4.95. The largest absolute Gasteiger partial charge is 0.378 e. The van der Waals surface area contributed by atoms with Crippen LogP contribution in [0.2, 0.25) is 0 Å². The number of ether oxygens (including phenoxy) is 1. The van der Waals surface area contributed by atoms with Crippen LogP contribution in [0.1, 0.15) is 19.3 Å². The SMILES string of the molecule is c1ccc(N(c2ccccc2)c2nc(N3CCCCC3)nc(N3CCOCC3)n2)cc1.